The molecule has 3 rings (SSSR count). The summed E-state index contributed by atoms with van der Waals surface area (Å²) in [4.78, 5) is 0. The van der Waals surface area contributed by atoms with E-state index in [0.717, 1.165) is 0 Å². The minimum Gasteiger partial charge on any atom is -0.319 e. The third kappa shape index (κ3) is 2.52. The molecule has 0 amide bonds. The van der Waals surface area contributed by atoms with E-state index in [1.165, 1.54) is 37.7 Å². The van der Waals surface area contributed by atoms with Gasteiger partial charge in [0.25, 0.3) is 0 Å². The van der Waals surface area contributed by atoms with Crippen molar-refractivity contribution in [1.82, 2.24) is 4.67 Å². The highest BCUT2D eigenvalue weighted by Crippen LogP contribution is 2.63. The van der Waals surface area contributed by atoms with Crippen LogP contribution in [0.1, 0.15) is 44.6 Å². The fraction of sp³-hybridized carbons (Fsp3) is 0.625. The summed E-state index contributed by atoms with van der Waals surface area (Å²) in [6.07, 6.45) is 6.69. The van der Waals surface area contributed by atoms with Crippen LogP contribution in [0.4, 0.5) is 0 Å². The molecule has 3 atom stereocenters. The number of nitrogens with zero attached hydrogens (tertiary/aromatic N) is 1. The van der Waals surface area contributed by atoms with Crippen molar-refractivity contribution in [1.29, 1.82) is 0 Å². The topological polar surface area (TPSA) is 12.5 Å². The number of benzene rings is 1. The summed E-state index contributed by atoms with van der Waals surface area (Å²) in [5.74, 6) is 0.699. The zero-order valence-electron chi connectivity index (χ0n) is 12.3. The highest BCUT2D eigenvalue weighted by Gasteiger charge is 2.53. The minimum absolute atomic E-state index is 0.272. The zero-order valence-corrected chi connectivity index (χ0v) is 13.9. The third-order valence-corrected chi connectivity index (χ3v) is 7.12. The number of halogens is 1. The first-order valence-electron chi connectivity index (χ1n) is 7.56. The normalized spacial score (nSPS) is 36.4. The van der Waals surface area contributed by atoms with Crippen LogP contribution in [-0.4, -0.2) is 17.8 Å². The van der Waals surface area contributed by atoms with Crippen molar-refractivity contribution in [2.75, 3.05) is 7.05 Å². The average molecular weight is 312 g/mol. The van der Waals surface area contributed by atoms with Crippen molar-refractivity contribution in [3.05, 3.63) is 35.9 Å². The summed E-state index contributed by atoms with van der Waals surface area (Å²) >= 11 is 6.48. The second-order valence-corrected chi connectivity index (χ2v) is 8.34. The van der Waals surface area contributed by atoms with Gasteiger partial charge in [-0.25, -0.2) is 4.67 Å². The van der Waals surface area contributed by atoms with E-state index in [0.29, 0.717) is 12.0 Å². The maximum absolute atomic E-state index is 6.48. The van der Waals surface area contributed by atoms with Crippen LogP contribution in [0.25, 0.3) is 0 Å². The summed E-state index contributed by atoms with van der Waals surface area (Å²) < 4.78 is 8.56. The van der Waals surface area contributed by atoms with Gasteiger partial charge in [-0.3, -0.25) is 0 Å². The standard InChI is InChI=1S/C16H23ClNOP/c1-16(14-11-7-4-8-12-14)15(18(2)20(17)19-16)13-9-5-3-6-10-13/h4,7-8,11-13,15H,3,5-6,9-10H2,1-2H3/t15-,16-,20?/m0/s1. The minimum atomic E-state index is -0.996. The van der Waals surface area contributed by atoms with Gasteiger partial charge in [-0.2, -0.15) is 0 Å². The molecular formula is C16H23ClNOP. The Bertz CT molecular complexity index is 451. The first kappa shape index (κ1) is 14.8. The van der Waals surface area contributed by atoms with E-state index in [9.17, 15) is 0 Å². The molecule has 2 aliphatic rings. The summed E-state index contributed by atoms with van der Waals surface area (Å²) in [6, 6.07) is 11.0. The van der Waals surface area contributed by atoms with Gasteiger partial charge in [-0.05, 0) is 49.5 Å². The molecule has 2 nitrogen and oxygen atoms in total. The molecule has 1 saturated heterocycles. The summed E-state index contributed by atoms with van der Waals surface area (Å²) in [6.45, 7) is 2.23. The summed E-state index contributed by atoms with van der Waals surface area (Å²) in [5, 5.41) is 0. The highest BCUT2D eigenvalue weighted by atomic mass is 35.7. The van der Waals surface area contributed by atoms with Gasteiger partial charge < -0.3 is 4.52 Å². The first-order chi connectivity index (χ1) is 9.63. The molecular weight excluding hydrogens is 289 g/mol. The van der Waals surface area contributed by atoms with Crippen molar-refractivity contribution >= 4 is 18.9 Å². The van der Waals surface area contributed by atoms with E-state index in [1.807, 2.05) is 0 Å². The van der Waals surface area contributed by atoms with Crippen LogP contribution in [0.5, 0.6) is 0 Å². The molecule has 2 fully saturated rings. The van der Waals surface area contributed by atoms with E-state index in [-0.39, 0.29) is 5.60 Å². The predicted octanol–water partition coefficient (Wildman–Crippen LogP) is 5.28. The molecule has 0 aromatic heterocycles. The van der Waals surface area contributed by atoms with Crippen molar-refractivity contribution in [3.63, 3.8) is 0 Å². The Balaban J connectivity index is 1.94. The smallest absolute Gasteiger partial charge is 0.207 e. The van der Waals surface area contributed by atoms with Crippen molar-refractivity contribution in [2.24, 2.45) is 5.92 Å². The Morgan fingerprint density at radius 3 is 2.50 bits per heavy atom. The zero-order chi connectivity index (χ0) is 14.2. The molecule has 4 heteroatoms. The monoisotopic (exact) mass is 311 g/mol. The molecule has 1 heterocycles. The number of rotatable bonds is 2. The molecule has 1 aliphatic heterocycles. The maximum Gasteiger partial charge on any atom is 0.207 e. The van der Waals surface area contributed by atoms with Crippen molar-refractivity contribution < 1.29 is 4.52 Å². The van der Waals surface area contributed by atoms with Crippen LogP contribution in [-0.2, 0) is 10.1 Å². The molecule has 1 saturated carbocycles. The average Bonchev–Trinajstić information content (AvgIpc) is 2.72. The molecule has 110 valence electrons. The van der Waals surface area contributed by atoms with Gasteiger partial charge in [0.05, 0.1) is 6.04 Å². The Labute approximate surface area is 128 Å². The molecule has 1 unspecified atom stereocenters. The molecule has 0 N–H and O–H groups in total. The third-order valence-electron chi connectivity index (χ3n) is 4.92. The van der Waals surface area contributed by atoms with Gasteiger partial charge in [-0.15, -0.1) is 0 Å². The summed E-state index contributed by atoms with van der Waals surface area (Å²) in [7, 11) is 1.13. The van der Waals surface area contributed by atoms with E-state index in [1.54, 1.807) is 0 Å². The van der Waals surface area contributed by atoms with Crippen molar-refractivity contribution in [2.45, 2.75) is 50.7 Å². The second kappa shape index (κ2) is 5.93. The number of likely N-dealkylation sites (N-methyl/N-ethyl adjacent to an activating group) is 1. The molecule has 20 heavy (non-hydrogen) atoms. The van der Waals surface area contributed by atoms with Gasteiger partial charge >= 0.3 is 0 Å². The van der Waals surface area contributed by atoms with Gasteiger partial charge in [-0.1, -0.05) is 49.6 Å². The molecule has 0 bridgehead atoms. The van der Waals surface area contributed by atoms with Crippen LogP contribution in [0.3, 0.4) is 0 Å². The Morgan fingerprint density at radius 1 is 1.20 bits per heavy atom. The van der Waals surface area contributed by atoms with Crippen LogP contribution in [0.2, 0.25) is 0 Å². The van der Waals surface area contributed by atoms with Crippen LogP contribution in [0.15, 0.2) is 30.3 Å². The first-order valence-corrected chi connectivity index (χ1v) is 9.68. The van der Waals surface area contributed by atoms with Crippen molar-refractivity contribution in [3.8, 4) is 0 Å². The van der Waals surface area contributed by atoms with E-state index in [4.69, 9.17) is 15.8 Å². The molecule has 1 aliphatic carbocycles. The molecule has 0 radical (unpaired) electrons. The quantitative estimate of drug-likeness (QED) is 0.689. The van der Waals surface area contributed by atoms with Crippen LogP contribution < -0.4 is 0 Å². The lowest BCUT2D eigenvalue weighted by Gasteiger charge is -2.39. The van der Waals surface area contributed by atoms with Crippen LogP contribution >= 0.6 is 18.9 Å². The van der Waals surface area contributed by atoms with Gasteiger partial charge in [0.15, 0.2) is 0 Å². The SMILES string of the molecule is CN1[C@@H](C2CCCCC2)[C@](C)(c2ccccc2)OP1Cl. The largest absolute Gasteiger partial charge is 0.319 e. The van der Waals surface area contributed by atoms with Gasteiger partial charge in [0.2, 0.25) is 7.65 Å². The van der Waals surface area contributed by atoms with Crippen LogP contribution in [0, 0.1) is 5.92 Å². The fourth-order valence-corrected chi connectivity index (χ4v) is 5.90. The fourth-order valence-electron chi connectivity index (χ4n) is 3.93. The molecule has 1 aromatic rings. The lowest BCUT2D eigenvalue weighted by atomic mass is 9.75. The lowest BCUT2D eigenvalue weighted by Crippen LogP contribution is -2.45. The Hall–Kier alpha value is -0.140. The van der Waals surface area contributed by atoms with E-state index in [2.05, 4.69) is 49.0 Å². The molecule has 1 aromatic carbocycles. The predicted molar refractivity (Wildman–Crippen MR) is 85.8 cm³/mol. The maximum atomic E-state index is 6.48. The Kier molecular flexibility index (Phi) is 4.38. The second-order valence-electron chi connectivity index (χ2n) is 6.21. The number of hydrogen-bond acceptors (Lipinski definition) is 2. The Morgan fingerprint density at radius 2 is 1.85 bits per heavy atom. The van der Waals surface area contributed by atoms with E-state index < -0.39 is 7.65 Å². The van der Waals surface area contributed by atoms with Gasteiger partial charge in [0.1, 0.15) is 5.60 Å². The van der Waals surface area contributed by atoms with Gasteiger partial charge in [0, 0.05) is 0 Å². The highest BCUT2D eigenvalue weighted by molar-refractivity contribution is 7.78. The van der Waals surface area contributed by atoms with E-state index >= 15 is 0 Å². The lowest BCUT2D eigenvalue weighted by molar-refractivity contribution is 0.0412. The summed E-state index contributed by atoms with van der Waals surface area (Å²) in [5.41, 5.74) is 0.985. The molecule has 0 spiro atoms. The number of hydrogen-bond donors (Lipinski definition) is 0.